The Morgan fingerprint density at radius 2 is 2.00 bits per heavy atom. The molecule has 0 radical (unpaired) electrons. The molecule has 118 valence electrons. The number of pyridine rings is 1. The normalized spacial score (nSPS) is 11.0. The van der Waals surface area contributed by atoms with E-state index in [1.54, 1.807) is 11.0 Å². The quantitative estimate of drug-likeness (QED) is 0.810. The number of anilines is 1. The van der Waals surface area contributed by atoms with Crippen molar-refractivity contribution in [1.29, 1.82) is 0 Å². The highest BCUT2D eigenvalue weighted by atomic mass is 16.3. The van der Waals surface area contributed by atoms with Crippen LogP contribution in [0.3, 0.4) is 0 Å². The monoisotopic (exact) mass is 293 g/mol. The second-order valence-electron chi connectivity index (χ2n) is 5.67. The number of carbonyl (C=O) groups is 1. The zero-order valence-electron chi connectivity index (χ0n) is 13.7. The van der Waals surface area contributed by atoms with E-state index in [2.05, 4.69) is 24.1 Å². The second kappa shape index (κ2) is 7.98. The van der Waals surface area contributed by atoms with Crippen LogP contribution in [0.5, 0.6) is 0 Å². The molecule has 1 heterocycles. The SMILES string of the molecule is CCNc1cc(C(=O)N(CCO)C(C)C)cc(C(C)C)n1. The van der Waals surface area contributed by atoms with Crippen molar-refractivity contribution in [3.05, 3.63) is 23.4 Å². The highest BCUT2D eigenvalue weighted by molar-refractivity contribution is 5.95. The van der Waals surface area contributed by atoms with Crippen LogP contribution in [-0.4, -0.2) is 46.6 Å². The molecule has 1 aromatic rings. The van der Waals surface area contributed by atoms with Gasteiger partial charge in [0, 0.05) is 30.4 Å². The lowest BCUT2D eigenvalue weighted by Gasteiger charge is -2.26. The number of hydrogen-bond donors (Lipinski definition) is 2. The van der Waals surface area contributed by atoms with E-state index >= 15 is 0 Å². The summed E-state index contributed by atoms with van der Waals surface area (Å²) in [6.45, 7) is 11.1. The third-order valence-electron chi connectivity index (χ3n) is 3.27. The van der Waals surface area contributed by atoms with E-state index in [1.807, 2.05) is 26.8 Å². The summed E-state index contributed by atoms with van der Waals surface area (Å²) in [5, 5.41) is 12.3. The molecular weight excluding hydrogens is 266 g/mol. The van der Waals surface area contributed by atoms with E-state index < -0.39 is 0 Å². The van der Waals surface area contributed by atoms with Crippen LogP contribution in [0.25, 0.3) is 0 Å². The third-order valence-corrected chi connectivity index (χ3v) is 3.27. The zero-order chi connectivity index (χ0) is 16.0. The molecule has 0 saturated carbocycles. The Kier molecular flexibility index (Phi) is 6.62. The molecule has 0 aliphatic carbocycles. The van der Waals surface area contributed by atoms with E-state index in [4.69, 9.17) is 5.11 Å². The van der Waals surface area contributed by atoms with Crippen molar-refractivity contribution >= 4 is 11.7 Å². The highest BCUT2D eigenvalue weighted by Crippen LogP contribution is 2.19. The number of rotatable bonds is 7. The van der Waals surface area contributed by atoms with Crippen LogP contribution in [0.4, 0.5) is 5.82 Å². The molecule has 1 amide bonds. The van der Waals surface area contributed by atoms with Crippen molar-refractivity contribution in [2.45, 2.75) is 46.6 Å². The molecule has 1 rings (SSSR count). The molecule has 0 aliphatic heterocycles. The van der Waals surface area contributed by atoms with Gasteiger partial charge in [-0.2, -0.15) is 0 Å². The fourth-order valence-corrected chi connectivity index (χ4v) is 2.11. The van der Waals surface area contributed by atoms with Crippen LogP contribution in [0.15, 0.2) is 12.1 Å². The molecule has 0 aromatic carbocycles. The van der Waals surface area contributed by atoms with Crippen molar-refractivity contribution < 1.29 is 9.90 Å². The first-order valence-electron chi connectivity index (χ1n) is 7.58. The van der Waals surface area contributed by atoms with Gasteiger partial charge in [-0.25, -0.2) is 4.98 Å². The third kappa shape index (κ3) is 4.70. The molecule has 0 unspecified atom stereocenters. The topological polar surface area (TPSA) is 65.5 Å². The lowest BCUT2D eigenvalue weighted by Crippen LogP contribution is -2.39. The van der Waals surface area contributed by atoms with Gasteiger partial charge in [0.25, 0.3) is 5.91 Å². The Hall–Kier alpha value is -1.62. The Bertz CT molecular complexity index is 473. The van der Waals surface area contributed by atoms with E-state index in [-0.39, 0.29) is 24.5 Å². The zero-order valence-corrected chi connectivity index (χ0v) is 13.7. The van der Waals surface area contributed by atoms with Gasteiger partial charge in [0.05, 0.1) is 6.61 Å². The predicted octanol–water partition coefficient (Wildman–Crippen LogP) is 2.48. The molecular formula is C16H27N3O2. The van der Waals surface area contributed by atoms with Gasteiger partial charge in [-0.1, -0.05) is 13.8 Å². The Morgan fingerprint density at radius 3 is 2.48 bits per heavy atom. The maximum atomic E-state index is 12.7. The summed E-state index contributed by atoms with van der Waals surface area (Å²) >= 11 is 0. The smallest absolute Gasteiger partial charge is 0.254 e. The van der Waals surface area contributed by atoms with Gasteiger partial charge in [0.1, 0.15) is 5.82 Å². The Morgan fingerprint density at radius 1 is 1.33 bits per heavy atom. The lowest BCUT2D eigenvalue weighted by atomic mass is 10.1. The standard InChI is InChI=1S/C16H27N3O2/c1-6-17-15-10-13(9-14(18-15)11(2)3)16(21)19(7-8-20)12(4)5/h9-12,20H,6-8H2,1-5H3,(H,17,18). The van der Waals surface area contributed by atoms with Gasteiger partial charge in [-0.15, -0.1) is 0 Å². The molecule has 5 heteroatoms. The fourth-order valence-electron chi connectivity index (χ4n) is 2.11. The number of aliphatic hydroxyl groups is 1. The van der Waals surface area contributed by atoms with E-state index in [9.17, 15) is 4.79 Å². The maximum absolute atomic E-state index is 12.7. The minimum Gasteiger partial charge on any atom is -0.395 e. The summed E-state index contributed by atoms with van der Waals surface area (Å²) < 4.78 is 0. The molecule has 2 N–H and O–H groups in total. The molecule has 0 fully saturated rings. The van der Waals surface area contributed by atoms with Crippen molar-refractivity contribution in [1.82, 2.24) is 9.88 Å². The van der Waals surface area contributed by atoms with Gasteiger partial charge in [-0.05, 0) is 38.8 Å². The minimum absolute atomic E-state index is 0.0356. The molecule has 0 aliphatic rings. The van der Waals surface area contributed by atoms with Crippen LogP contribution in [0.1, 0.15) is 56.6 Å². The van der Waals surface area contributed by atoms with Crippen LogP contribution < -0.4 is 5.32 Å². The number of carbonyl (C=O) groups excluding carboxylic acids is 1. The molecule has 1 aromatic heterocycles. The lowest BCUT2D eigenvalue weighted by molar-refractivity contribution is 0.0665. The number of aromatic nitrogens is 1. The number of hydrogen-bond acceptors (Lipinski definition) is 4. The summed E-state index contributed by atoms with van der Waals surface area (Å²) in [5.41, 5.74) is 1.51. The predicted molar refractivity (Wildman–Crippen MR) is 85.7 cm³/mol. The van der Waals surface area contributed by atoms with Gasteiger partial charge < -0.3 is 15.3 Å². The fraction of sp³-hybridized carbons (Fsp3) is 0.625. The summed E-state index contributed by atoms with van der Waals surface area (Å²) in [7, 11) is 0. The van der Waals surface area contributed by atoms with Gasteiger partial charge >= 0.3 is 0 Å². The van der Waals surface area contributed by atoms with E-state index in [1.165, 1.54) is 0 Å². The molecule has 21 heavy (non-hydrogen) atoms. The minimum atomic E-state index is -0.0671. The molecule has 5 nitrogen and oxygen atoms in total. The number of aliphatic hydroxyl groups excluding tert-OH is 1. The summed E-state index contributed by atoms with van der Waals surface area (Å²) in [6, 6.07) is 3.67. The van der Waals surface area contributed by atoms with Crippen molar-refractivity contribution in [2.75, 3.05) is 25.0 Å². The van der Waals surface area contributed by atoms with Crippen molar-refractivity contribution in [2.24, 2.45) is 0 Å². The van der Waals surface area contributed by atoms with Crippen molar-refractivity contribution in [3.63, 3.8) is 0 Å². The highest BCUT2D eigenvalue weighted by Gasteiger charge is 2.20. The first-order chi connectivity index (χ1) is 9.90. The summed E-state index contributed by atoms with van der Waals surface area (Å²) in [6.07, 6.45) is 0. The Balaban J connectivity index is 3.17. The average Bonchev–Trinajstić information content (AvgIpc) is 2.43. The van der Waals surface area contributed by atoms with Crippen LogP contribution >= 0.6 is 0 Å². The summed E-state index contributed by atoms with van der Waals surface area (Å²) in [5.74, 6) is 0.905. The summed E-state index contributed by atoms with van der Waals surface area (Å²) in [4.78, 5) is 18.9. The largest absolute Gasteiger partial charge is 0.395 e. The number of nitrogens with zero attached hydrogens (tertiary/aromatic N) is 2. The van der Waals surface area contributed by atoms with Gasteiger partial charge in [-0.3, -0.25) is 4.79 Å². The molecule has 0 saturated heterocycles. The molecule has 0 bridgehead atoms. The number of amides is 1. The van der Waals surface area contributed by atoms with E-state index in [0.29, 0.717) is 12.1 Å². The Labute approximate surface area is 127 Å². The first kappa shape index (κ1) is 17.4. The van der Waals surface area contributed by atoms with Crippen molar-refractivity contribution in [3.8, 4) is 0 Å². The first-order valence-corrected chi connectivity index (χ1v) is 7.58. The molecule has 0 spiro atoms. The van der Waals surface area contributed by atoms with Crippen LogP contribution in [-0.2, 0) is 0 Å². The number of nitrogens with one attached hydrogen (secondary N) is 1. The van der Waals surface area contributed by atoms with Crippen LogP contribution in [0, 0.1) is 0 Å². The van der Waals surface area contributed by atoms with E-state index in [0.717, 1.165) is 18.1 Å². The molecule has 0 atom stereocenters. The maximum Gasteiger partial charge on any atom is 0.254 e. The van der Waals surface area contributed by atoms with Gasteiger partial charge in [0.15, 0.2) is 0 Å². The second-order valence-corrected chi connectivity index (χ2v) is 5.67. The van der Waals surface area contributed by atoms with Crippen LogP contribution in [0.2, 0.25) is 0 Å². The average molecular weight is 293 g/mol. The van der Waals surface area contributed by atoms with Gasteiger partial charge in [0.2, 0.25) is 0 Å².